The molecule has 1 atom stereocenters. The maximum atomic E-state index is 12.7. The highest BCUT2D eigenvalue weighted by Gasteiger charge is 2.16. The summed E-state index contributed by atoms with van der Waals surface area (Å²) < 4.78 is 4.94. The largest absolute Gasteiger partial charge is 0.383 e. The van der Waals surface area contributed by atoms with E-state index in [2.05, 4.69) is 22.0 Å². The number of carbonyl (C=O) groups is 2. The van der Waals surface area contributed by atoms with Crippen molar-refractivity contribution in [2.45, 2.75) is 19.8 Å². The molecule has 7 heteroatoms. The molecule has 0 aromatic heterocycles. The lowest BCUT2D eigenvalue weighted by molar-refractivity contribution is 0.0936. The maximum absolute atomic E-state index is 12.7. The van der Waals surface area contributed by atoms with Gasteiger partial charge in [0.2, 0.25) is 0 Å². The number of hydrogen-bond acceptors (Lipinski definition) is 4. The first kappa shape index (κ1) is 23.9. The fourth-order valence-corrected chi connectivity index (χ4v) is 3.57. The van der Waals surface area contributed by atoms with Crippen LogP contribution in [0.25, 0.3) is 0 Å². The average molecular weight is 432 g/mol. The van der Waals surface area contributed by atoms with Crippen LogP contribution in [-0.2, 0) is 11.2 Å². The predicted molar refractivity (Wildman–Crippen MR) is 122 cm³/mol. The topological polar surface area (TPSA) is 79.5 Å². The molecule has 1 heterocycles. The Kier molecular flexibility index (Phi) is 9.30. The summed E-state index contributed by atoms with van der Waals surface area (Å²) in [6, 6.07) is 13.1. The molecule has 1 aliphatic rings. The summed E-state index contributed by atoms with van der Waals surface area (Å²) in [6.07, 6.45) is 2.17. The highest BCUT2D eigenvalue weighted by molar-refractivity contribution is 6.05. The zero-order chi connectivity index (χ0) is 20.6. The Balaban J connectivity index is 0.00000320. The van der Waals surface area contributed by atoms with Crippen molar-refractivity contribution in [3.05, 3.63) is 64.7 Å². The van der Waals surface area contributed by atoms with E-state index in [1.807, 2.05) is 25.1 Å². The number of hydrogen-bond donors (Lipinski definition) is 3. The quantitative estimate of drug-likeness (QED) is 0.561. The van der Waals surface area contributed by atoms with Gasteiger partial charge in [-0.2, -0.15) is 0 Å². The third kappa shape index (κ3) is 6.55. The van der Waals surface area contributed by atoms with Crippen LogP contribution < -0.4 is 16.0 Å². The number of nitrogens with one attached hydrogen (secondary N) is 3. The van der Waals surface area contributed by atoms with Crippen LogP contribution in [0.4, 0.5) is 5.69 Å². The summed E-state index contributed by atoms with van der Waals surface area (Å²) in [4.78, 5) is 24.9. The molecule has 1 fully saturated rings. The minimum atomic E-state index is -0.155. The molecule has 0 bridgehead atoms. The van der Waals surface area contributed by atoms with E-state index in [0.717, 1.165) is 25.1 Å². The molecular formula is C23H30ClN3O3. The van der Waals surface area contributed by atoms with Gasteiger partial charge in [0.15, 0.2) is 0 Å². The van der Waals surface area contributed by atoms with Crippen LogP contribution in [0, 0.1) is 12.8 Å². The van der Waals surface area contributed by atoms with Gasteiger partial charge in [-0.25, -0.2) is 0 Å². The second-order valence-electron chi connectivity index (χ2n) is 7.50. The van der Waals surface area contributed by atoms with Gasteiger partial charge in [0.05, 0.1) is 6.61 Å². The van der Waals surface area contributed by atoms with Gasteiger partial charge in [-0.05, 0) is 80.2 Å². The van der Waals surface area contributed by atoms with Crippen LogP contribution >= 0.6 is 12.4 Å². The van der Waals surface area contributed by atoms with Gasteiger partial charge in [-0.1, -0.05) is 12.1 Å². The van der Waals surface area contributed by atoms with Crippen molar-refractivity contribution >= 4 is 29.9 Å². The predicted octanol–water partition coefficient (Wildman–Crippen LogP) is 3.20. The smallest absolute Gasteiger partial charge is 0.255 e. The first-order valence-corrected chi connectivity index (χ1v) is 10.1. The maximum Gasteiger partial charge on any atom is 0.255 e. The van der Waals surface area contributed by atoms with E-state index in [1.54, 1.807) is 25.3 Å². The van der Waals surface area contributed by atoms with Crippen molar-refractivity contribution in [3.8, 4) is 0 Å². The molecule has 30 heavy (non-hydrogen) atoms. The lowest BCUT2D eigenvalue weighted by atomic mass is 9.97. The van der Waals surface area contributed by atoms with Crippen LogP contribution in [-0.4, -0.2) is 45.2 Å². The van der Waals surface area contributed by atoms with Gasteiger partial charge < -0.3 is 20.7 Å². The summed E-state index contributed by atoms with van der Waals surface area (Å²) >= 11 is 0. The van der Waals surface area contributed by atoms with E-state index in [9.17, 15) is 9.59 Å². The van der Waals surface area contributed by atoms with Crippen molar-refractivity contribution in [2.24, 2.45) is 5.92 Å². The standard InChI is InChI=1S/C23H29N3O3.ClH/c1-16-12-20(22(27)25-10-11-29-2)6-7-21(16)26-23(28)19-5-3-4-17(14-19)13-18-8-9-24-15-18;/h3-7,12,14,18,24H,8-11,13,15H2,1-2H3,(H,25,27)(H,26,28);1H. The first-order chi connectivity index (χ1) is 14.1. The molecule has 3 N–H and O–H groups in total. The molecule has 2 aromatic rings. The van der Waals surface area contributed by atoms with Gasteiger partial charge in [0.25, 0.3) is 11.8 Å². The number of anilines is 1. The highest BCUT2D eigenvalue weighted by atomic mass is 35.5. The molecule has 162 valence electrons. The number of amides is 2. The van der Waals surface area contributed by atoms with Gasteiger partial charge in [0.1, 0.15) is 0 Å². The Morgan fingerprint density at radius 2 is 1.93 bits per heavy atom. The van der Waals surface area contributed by atoms with E-state index in [4.69, 9.17) is 4.74 Å². The van der Waals surface area contributed by atoms with E-state index in [0.29, 0.717) is 35.9 Å². The summed E-state index contributed by atoms with van der Waals surface area (Å²) in [5.74, 6) is 0.340. The Bertz CT molecular complexity index is 867. The minimum absolute atomic E-state index is 0. The number of carbonyl (C=O) groups excluding carboxylic acids is 2. The third-order valence-corrected chi connectivity index (χ3v) is 5.20. The van der Waals surface area contributed by atoms with E-state index >= 15 is 0 Å². The molecule has 1 unspecified atom stereocenters. The molecule has 0 spiro atoms. The fraction of sp³-hybridized carbons (Fsp3) is 0.391. The number of benzene rings is 2. The van der Waals surface area contributed by atoms with Crippen LogP contribution in [0.3, 0.4) is 0 Å². The van der Waals surface area contributed by atoms with Crippen molar-refractivity contribution in [1.29, 1.82) is 0 Å². The van der Waals surface area contributed by atoms with E-state index in [-0.39, 0.29) is 24.2 Å². The van der Waals surface area contributed by atoms with Crippen LogP contribution in [0.1, 0.15) is 38.3 Å². The Hall–Kier alpha value is -2.41. The van der Waals surface area contributed by atoms with Crippen molar-refractivity contribution < 1.29 is 14.3 Å². The number of rotatable bonds is 8. The Morgan fingerprint density at radius 3 is 2.63 bits per heavy atom. The molecule has 6 nitrogen and oxygen atoms in total. The number of methoxy groups -OCH3 is 1. The fourth-order valence-electron chi connectivity index (χ4n) is 3.57. The van der Waals surface area contributed by atoms with Crippen molar-refractivity contribution in [3.63, 3.8) is 0 Å². The highest BCUT2D eigenvalue weighted by Crippen LogP contribution is 2.20. The molecule has 2 amide bonds. The van der Waals surface area contributed by atoms with Gasteiger partial charge >= 0.3 is 0 Å². The summed E-state index contributed by atoms with van der Waals surface area (Å²) in [7, 11) is 1.59. The zero-order valence-electron chi connectivity index (χ0n) is 17.5. The average Bonchev–Trinajstić information content (AvgIpc) is 3.22. The second kappa shape index (κ2) is 11.7. The monoisotopic (exact) mass is 431 g/mol. The summed E-state index contributed by atoms with van der Waals surface area (Å²) in [6.45, 7) is 4.92. The summed E-state index contributed by atoms with van der Waals surface area (Å²) in [5, 5.41) is 9.14. The second-order valence-corrected chi connectivity index (χ2v) is 7.50. The number of halogens is 1. The number of ether oxygens (including phenoxy) is 1. The van der Waals surface area contributed by atoms with E-state index in [1.165, 1.54) is 12.0 Å². The first-order valence-electron chi connectivity index (χ1n) is 10.1. The third-order valence-electron chi connectivity index (χ3n) is 5.20. The zero-order valence-corrected chi connectivity index (χ0v) is 18.3. The van der Waals surface area contributed by atoms with Gasteiger partial charge in [-0.3, -0.25) is 9.59 Å². The SMILES string of the molecule is COCCNC(=O)c1ccc(NC(=O)c2cccc(CC3CCNC3)c2)c(C)c1.Cl. The Labute approximate surface area is 184 Å². The summed E-state index contributed by atoms with van der Waals surface area (Å²) in [5.41, 5.74) is 3.93. The lowest BCUT2D eigenvalue weighted by Crippen LogP contribution is -2.27. The van der Waals surface area contributed by atoms with Crippen LogP contribution in [0.5, 0.6) is 0 Å². The van der Waals surface area contributed by atoms with Gasteiger partial charge in [0, 0.05) is 30.5 Å². The molecule has 0 saturated carbocycles. The lowest BCUT2D eigenvalue weighted by Gasteiger charge is -2.12. The normalized spacial score (nSPS) is 15.3. The molecule has 1 aliphatic heterocycles. The molecule has 2 aromatic carbocycles. The molecule has 1 saturated heterocycles. The van der Waals surface area contributed by atoms with Crippen molar-refractivity contribution in [2.75, 3.05) is 38.7 Å². The van der Waals surface area contributed by atoms with Gasteiger partial charge in [-0.15, -0.1) is 12.4 Å². The van der Waals surface area contributed by atoms with Crippen molar-refractivity contribution in [1.82, 2.24) is 10.6 Å². The molecule has 3 rings (SSSR count). The Morgan fingerprint density at radius 1 is 1.13 bits per heavy atom. The molecule has 0 radical (unpaired) electrons. The molecular weight excluding hydrogens is 402 g/mol. The van der Waals surface area contributed by atoms with E-state index < -0.39 is 0 Å². The van der Waals surface area contributed by atoms with Crippen LogP contribution in [0.2, 0.25) is 0 Å². The molecule has 0 aliphatic carbocycles. The number of aryl methyl sites for hydroxylation is 1. The van der Waals surface area contributed by atoms with Crippen LogP contribution in [0.15, 0.2) is 42.5 Å². The minimum Gasteiger partial charge on any atom is -0.383 e.